The number of nitrogens with two attached hydrogens (primary N) is 1. The van der Waals surface area contributed by atoms with E-state index in [9.17, 15) is 9.59 Å². The third-order valence-electron chi connectivity index (χ3n) is 4.98. The van der Waals surface area contributed by atoms with Crippen LogP contribution < -0.4 is 11.1 Å². The highest BCUT2D eigenvalue weighted by Gasteiger charge is 2.36. The van der Waals surface area contributed by atoms with Gasteiger partial charge < -0.3 is 16.0 Å². The molecule has 1 aromatic rings. The summed E-state index contributed by atoms with van der Waals surface area (Å²) >= 11 is 5.95. The molecule has 0 unspecified atom stereocenters. The van der Waals surface area contributed by atoms with E-state index < -0.39 is 12.1 Å². The molecule has 2 aliphatic rings. The molecule has 1 heterocycles. The number of nitrogens with zero attached hydrogens (tertiary/aromatic N) is 1. The van der Waals surface area contributed by atoms with Gasteiger partial charge in [0.05, 0.1) is 0 Å². The molecule has 0 spiro atoms. The molecular weight excluding hydrogens is 314 g/mol. The van der Waals surface area contributed by atoms with Crippen LogP contribution in [0.3, 0.4) is 0 Å². The predicted molar refractivity (Wildman–Crippen MR) is 89.3 cm³/mol. The van der Waals surface area contributed by atoms with Crippen molar-refractivity contribution in [3.63, 3.8) is 0 Å². The second-order valence-corrected chi connectivity index (χ2v) is 6.83. The van der Waals surface area contributed by atoms with Gasteiger partial charge in [0, 0.05) is 23.5 Å². The van der Waals surface area contributed by atoms with E-state index in [4.69, 9.17) is 17.3 Å². The number of amides is 3. The quantitative estimate of drug-likeness (QED) is 0.891. The number of carbonyl (C=O) groups excluding carboxylic acids is 2. The van der Waals surface area contributed by atoms with E-state index in [2.05, 4.69) is 5.32 Å². The molecule has 23 heavy (non-hydrogen) atoms. The number of likely N-dealkylation sites (tertiary alicyclic amines) is 1. The normalized spacial score (nSPS) is 27.2. The average Bonchev–Trinajstić information content (AvgIpc) is 3.16. The molecule has 0 radical (unpaired) electrons. The molecule has 1 saturated heterocycles. The summed E-state index contributed by atoms with van der Waals surface area (Å²) in [4.78, 5) is 25.5. The average molecular weight is 336 g/mol. The van der Waals surface area contributed by atoms with Crippen LogP contribution in [-0.4, -0.2) is 35.5 Å². The van der Waals surface area contributed by atoms with Gasteiger partial charge in [0.1, 0.15) is 6.04 Å². The summed E-state index contributed by atoms with van der Waals surface area (Å²) in [5, 5.41) is 3.87. The summed E-state index contributed by atoms with van der Waals surface area (Å²) in [6.45, 7) is 0.568. The highest BCUT2D eigenvalue weighted by Crippen LogP contribution is 2.35. The van der Waals surface area contributed by atoms with Crippen LogP contribution in [0.1, 0.15) is 43.6 Å². The number of urea groups is 1. The molecule has 1 aromatic carbocycles. The van der Waals surface area contributed by atoms with Crippen molar-refractivity contribution in [1.29, 1.82) is 0 Å². The van der Waals surface area contributed by atoms with Crippen molar-refractivity contribution in [1.82, 2.24) is 10.2 Å². The Balaban J connectivity index is 1.67. The lowest BCUT2D eigenvalue weighted by Gasteiger charge is -2.26. The molecule has 5 nitrogen and oxygen atoms in total. The zero-order valence-corrected chi connectivity index (χ0v) is 13.8. The number of carbonyl (C=O) groups is 2. The van der Waals surface area contributed by atoms with Crippen LogP contribution >= 0.6 is 11.6 Å². The van der Waals surface area contributed by atoms with Gasteiger partial charge in [-0.05, 0) is 43.4 Å². The first-order valence-electron chi connectivity index (χ1n) is 8.18. The number of benzene rings is 1. The SMILES string of the molecule is NC(=O)N1CCC[C@H]1C(=O)N[C@H]1CCC[C@@H]1c1ccc(Cl)cc1. The highest BCUT2D eigenvalue weighted by molar-refractivity contribution is 6.30. The molecule has 1 aliphatic heterocycles. The minimum atomic E-state index is -0.511. The number of hydrogen-bond donors (Lipinski definition) is 2. The van der Waals surface area contributed by atoms with Crippen LogP contribution in [0.25, 0.3) is 0 Å². The van der Waals surface area contributed by atoms with E-state index in [1.54, 1.807) is 0 Å². The molecule has 3 rings (SSSR count). The van der Waals surface area contributed by atoms with Gasteiger partial charge in [-0.25, -0.2) is 4.79 Å². The van der Waals surface area contributed by atoms with Crippen LogP contribution in [-0.2, 0) is 4.79 Å². The van der Waals surface area contributed by atoms with Crippen molar-refractivity contribution in [3.8, 4) is 0 Å². The fourth-order valence-corrected chi connectivity index (χ4v) is 3.95. The fourth-order valence-electron chi connectivity index (χ4n) is 3.82. The second kappa shape index (κ2) is 6.79. The molecular formula is C17H22ClN3O2. The second-order valence-electron chi connectivity index (χ2n) is 6.39. The number of hydrogen-bond acceptors (Lipinski definition) is 2. The number of primary amides is 1. The van der Waals surface area contributed by atoms with Gasteiger partial charge in [-0.1, -0.05) is 30.2 Å². The van der Waals surface area contributed by atoms with Gasteiger partial charge in [0.2, 0.25) is 5.91 Å². The molecule has 3 atom stereocenters. The number of nitrogens with one attached hydrogen (secondary N) is 1. The molecule has 1 saturated carbocycles. The third kappa shape index (κ3) is 3.44. The maximum Gasteiger partial charge on any atom is 0.315 e. The van der Waals surface area contributed by atoms with Crippen molar-refractivity contribution in [3.05, 3.63) is 34.9 Å². The standard InChI is InChI=1S/C17H22ClN3O2/c18-12-8-6-11(7-9-12)13-3-1-4-14(13)20-16(22)15-5-2-10-21(15)17(19)23/h6-9,13-15H,1-5,10H2,(H2,19,23)(H,20,22)/t13-,14+,15+/m1/s1. The minimum absolute atomic E-state index is 0.0767. The van der Waals surface area contributed by atoms with Crippen LogP contribution in [0.5, 0.6) is 0 Å². The van der Waals surface area contributed by atoms with Gasteiger partial charge in [-0.2, -0.15) is 0 Å². The lowest BCUT2D eigenvalue weighted by atomic mass is 9.94. The van der Waals surface area contributed by atoms with E-state index in [1.165, 1.54) is 10.5 Å². The fraction of sp³-hybridized carbons (Fsp3) is 0.529. The minimum Gasteiger partial charge on any atom is -0.351 e. The lowest BCUT2D eigenvalue weighted by Crippen LogP contribution is -2.50. The molecule has 2 fully saturated rings. The highest BCUT2D eigenvalue weighted by atomic mass is 35.5. The summed E-state index contributed by atoms with van der Waals surface area (Å²) in [6.07, 6.45) is 4.61. The smallest absolute Gasteiger partial charge is 0.315 e. The van der Waals surface area contributed by atoms with Crippen molar-refractivity contribution in [2.45, 2.75) is 50.1 Å². The molecule has 124 valence electrons. The van der Waals surface area contributed by atoms with Crippen molar-refractivity contribution >= 4 is 23.5 Å². The van der Waals surface area contributed by atoms with Gasteiger partial charge >= 0.3 is 6.03 Å². The Kier molecular flexibility index (Phi) is 4.76. The molecule has 1 aliphatic carbocycles. The summed E-state index contributed by atoms with van der Waals surface area (Å²) in [6, 6.07) is 7.02. The Morgan fingerprint density at radius 1 is 1.13 bits per heavy atom. The van der Waals surface area contributed by atoms with Crippen LogP contribution in [0.15, 0.2) is 24.3 Å². The van der Waals surface area contributed by atoms with Crippen molar-refractivity contribution < 1.29 is 9.59 Å². The first-order chi connectivity index (χ1) is 11.1. The van der Waals surface area contributed by atoms with Gasteiger partial charge in [0.15, 0.2) is 0 Å². The van der Waals surface area contributed by atoms with Crippen LogP contribution in [0.4, 0.5) is 4.79 Å². The zero-order valence-electron chi connectivity index (χ0n) is 13.0. The van der Waals surface area contributed by atoms with Gasteiger partial charge in [-0.3, -0.25) is 4.79 Å². The molecule has 6 heteroatoms. The van der Waals surface area contributed by atoms with Crippen molar-refractivity contribution in [2.75, 3.05) is 6.54 Å². The van der Waals surface area contributed by atoms with E-state index in [-0.39, 0.29) is 11.9 Å². The van der Waals surface area contributed by atoms with E-state index in [0.29, 0.717) is 18.9 Å². The molecule has 3 amide bonds. The summed E-state index contributed by atoms with van der Waals surface area (Å²) in [5.74, 6) is 0.229. The number of halogens is 1. The summed E-state index contributed by atoms with van der Waals surface area (Å²) in [7, 11) is 0. The van der Waals surface area contributed by atoms with Gasteiger partial charge in [0.25, 0.3) is 0 Å². The Labute approximate surface area is 141 Å². The van der Waals surface area contributed by atoms with E-state index >= 15 is 0 Å². The Morgan fingerprint density at radius 2 is 1.87 bits per heavy atom. The maximum atomic E-state index is 12.6. The Morgan fingerprint density at radius 3 is 2.57 bits per heavy atom. The summed E-state index contributed by atoms with van der Waals surface area (Å²) in [5.41, 5.74) is 6.57. The first kappa shape index (κ1) is 16.1. The molecule has 3 N–H and O–H groups in total. The van der Waals surface area contributed by atoms with Crippen LogP contribution in [0, 0.1) is 0 Å². The monoisotopic (exact) mass is 335 g/mol. The maximum absolute atomic E-state index is 12.6. The third-order valence-corrected chi connectivity index (χ3v) is 5.23. The number of rotatable bonds is 3. The van der Waals surface area contributed by atoms with Crippen LogP contribution in [0.2, 0.25) is 5.02 Å². The Bertz CT molecular complexity index is 590. The van der Waals surface area contributed by atoms with Crippen molar-refractivity contribution in [2.24, 2.45) is 5.73 Å². The Hall–Kier alpha value is -1.75. The zero-order chi connectivity index (χ0) is 16.4. The summed E-state index contributed by atoms with van der Waals surface area (Å²) < 4.78 is 0. The molecule has 0 bridgehead atoms. The van der Waals surface area contributed by atoms with E-state index in [0.717, 1.165) is 30.7 Å². The predicted octanol–water partition coefficient (Wildman–Crippen LogP) is 2.64. The van der Waals surface area contributed by atoms with Gasteiger partial charge in [-0.15, -0.1) is 0 Å². The lowest BCUT2D eigenvalue weighted by molar-refractivity contribution is -0.125. The molecule has 0 aromatic heterocycles. The first-order valence-corrected chi connectivity index (χ1v) is 8.56. The topological polar surface area (TPSA) is 75.4 Å². The van der Waals surface area contributed by atoms with E-state index in [1.807, 2.05) is 24.3 Å². The largest absolute Gasteiger partial charge is 0.351 e.